The summed E-state index contributed by atoms with van der Waals surface area (Å²) >= 11 is 0. The first-order chi connectivity index (χ1) is 7.61. The summed E-state index contributed by atoms with van der Waals surface area (Å²) in [7, 11) is -1.56. The highest BCUT2D eigenvalue weighted by atomic mass is 32.2. The first kappa shape index (κ1) is 13.9. The standard InChI is InChI=1S/C10H22N2O3S/c1-15-8-3-9-16(13,14)12(7-6-11)10-4-2-5-10/h10H,2-9,11H2,1H3. The molecule has 0 bridgehead atoms. The van der Waals surface area contributed by atoms with E-state index in [9.17, 15) is 8.42 Å². The Morgan fingerprint density at radius 2 is 2.12 bits per heavy atom. The normalized spacial score (nSPS) is 17.7. The second-order valence-corrected chi connectivity index (χ2v) is 6.19. The van der Waals surface area contributed by atoms with E-state index in [1.54, 1.807) is 11.4 Å². The van der Waals surface area contributed by atoms with Crippen molar-refractivity contribution < 1.29 is 13.2 Å². The molecule has 96 valence electrons. The van der Waals surface area contributed by atoms with Gasteiger partial charge in [0.05, 0.1) is 5.75 Å². The minimum atomic E-state index is -3.14. The lowest BCUT2D eigenvalue weighted by molar-refractivity contribution is 0.196. The SMILES string of the molecule is COCCCS(=O)(=O)N(CCN)C1CCC1. The molecule has 0 aromatic carbocycles. The van der Waals surface area contributed by atoms with Crippen LogP contribution in [-0.2, 0) is 14.8 Å². The van der Waals surface area contributed by atoms with Crippen LogP contribution in [0, 0.1) is 0 Å². The van der Waals surface area contributed by atoms with Crippen LogP contribution in [0.15, 0.2) is 0 Å². The van der Waals surface area contributed by atoms with Gasteiger partial charge in [-0.25, -0.2) is 8.42 Å². The van der Waals surface area contributed by atoms with Crippen molar-refractivity contribution in [1.82, 2.24) is 4.31 Å². The van der Waals surface area contributed by atoms with Gasteiger partial charge in [0.15, 0.2) is 0 Å². The summed E-state index contributed by atoms with van der Waals surface area (Å²) in [5.41, 5.74) is 5.47. The van der Waals surface area contributed by atoms with Gasteiger partial charge >= 0.3 is 0 Å². The molecule has 0 aliphatic heterocycles. The molecule has 16 heavy (non-hydrogen) atoms. The fraction of sp³-hybridized carbons (Fsp3) is 1.00. The van der Waals surface area contributed by atoms with Crippen LogP contribution in [0.5, 0.6) is 0 Å². The van der Waals surface area contributed by atoms with Crippen molar-refractivity contribution in [2.24, 2.45) is 5.73 Å². The third kappa shape index (κ3) is 3.69. The molecule has 6 heteroatoms. The summed E-state index contributed by atoms with van der Waals surface area (Å²) in [6, 6.07) is 0.191. The van der Waals surface area contributed by atoms with E-state index >= 15 is 0 Å². The third-order valence-electron chi connectivity index (χ3n) is 2.94. The average molecular weight is 250 g/mol. The monoisotopic (exact) mass is 250 g/mol. The zero-order valence-corrected chi connectivity index (χ0v) is 10.7. The van der Waals surface area contributed by atoms with E-state index in [0.717, 1.165) is 19.3 Å². The summed E-state index contributed by atoms with van der Waals surface area (Å²) in [5, 5.41) is 0. The highest BCUT2D eigenvalue weighted by Gasteiger charge is 2.32. The first-order valence-corrected chi connectivity index (χ1v) is 7.41. The van der Waals surface area contributed by atoms with Crippen LogP contribution in [-0.4, -0.2) is 51.3 Å². The van der Waals surface area contributed by atoms with Crippen molar-refractivity contribution >= 4 is 10.0 Å². The molecule has 1 aliphatic rings. The smallest absolute Gasteiger partial charge is 0.214 e. The van der Waals surface area contributed by atoms with E-state index < -0.39 is 10.0 Å². The van der Waals surface area contributed by atoms with Gasteiger partial charge in [0.25, 0.3) is 0 Å². The zero-order valence-electron chi connectivity index (χ0n) is 9.89. The fourth-order valence-corrected chi connectivity index (χ4v) is 3.62. The predicted molar refractivity (Wildman–Crippen MR) is 63.7 cm³/mol. The highest BCUT2D eigenvalue weighted by molar-refractivity contribution is 7.89. The van der Waals surface area contributed by atoms with Crippen LogP contribution >= 0.6 is 0 Å². The summed E-state index contributed by atoms with van der Waals surface area (Å²) in [5.74, 6) is 0.164. The lowest BCUT2D eigenvalue weighted by Crippen LogP contribution is -2.47. The van der Waals surface area contributed by atoms with Gasteiger partial charge < -0.3 is 10.5 Å². The number of rotatable bonds is 8. The second-order valence-electron chi connectivity index (χ2n) is 4.15. The van der Waals surface area contributed by atoms with Crippen molar-refractivity contribution in [3.63, 3.8) is 0 Å². The van der Waals surface area contributed by atoms with Crippen molar-refractivity contribution in [1.29, 1.82) is 0 Å². The van der Waals surface area contributed by atoms with Gasteiger partial charge in [0, 0.05) is 32.8 Å². The Kier molecular flexibility index (Phi) is 5.68. The summed E-state index contributed by atoms with van der Waals surface area (Å²) < 4.78 is 30.5. The molecular formula is C10H22N2O3S. The Labute approximate surface area is 98.0 Å². The average Bonchev–Trinajstić information content (AvgIpc) is 2.14. The molecule has 5 nitrogen and oxygen atoms in total. The predicted octanol–water partition coefficient (Wildman–Crippen LogP) is 0.166. The van der Waals surface area contributed by atoms with E-state index in [1.807, 2.05) is 0 Å². The van der Waals surface area contributed by atoms with Crippen LogP contribution in [0.2, 0.25) is 0 Å². The lowest BCUT2D eigenvalue weighted by atomic mass is 9.93. The zero-order chi connectivity index (χ0) is 12.0. The number of sulfonamides is 1. The topological polar surface area (TPSA) is 72.6 Å². The van der Waals surface area contributed by atoms with E-state index in [4.69, 9.17) is 10.5 Å². The minimum Gasteiger partial charge on any atom is -0.385 e. The van der Waals surface area contributed by atoms with Crippen molar-refractivity contribution in [2.75, 3.05) is 32.6 Å². The van der Waals surface area contributed by atoms with Crippen LogP contribution in [0.3, 0.4) is 0 Å². The first-order valence-electron chi connectivity index (χ1n) is 5.80. The fourth-order valence-electron chi connectivity index (χ4n) is 1.85. The van der Waals surface area contributed by atoms with Crippen LogP contribution in [0.4, 0.5) is 0 Å². The quantitative estimate of drug-likeness (QED) is 0.623. The maximum Gasteiger partial charge on any atom is 0.214 e. The van der Waals surface area contributed by atoms with Crippen molar-refractivity contribution in [3.05, 3.63) is 0 Å². The van der Waals surface area contributed by atoms with E-state index in [1.165, 1.54) is 0 Å². The molecule has 2 N–H and O–H groups in total. The number of ether oxygens (including phenoxy) is 1. The summed E-state index contributed by atoms with van der Waals surface area (Å²) in [4.78, 5) is 0. The number of hydrogen-bond acceptors (Lipinski definition) is 4. The molecule has 1 saturated carbocycles. The molecule has 0 amide bonds. The summed E-state index contributed by atoms with van der Waals surface area (Å²) in [6.07, 6.45) is 3.62. The van der Waals surface area contributed by atoms with Gasteiger partial charge in [0.1, 0.15) is 0 Å². The molecule has 0 atom stereocenters. The molecule has 0 radical (unpaired) electrons. The number of nitrogens with two attached hydrogens (primary N) is 1. The van der Waals surface area contributed by atoms with Crippen molar-refractivity contribution in [2.45, 2.75) is 31.7 Å². The molecular weight excluding hydrogens is 228 g/mol. The van der Waals surface area contributed by atoms with Gasteiger partial charge in [0.2, 0.25) is 10.0 Å². The number of methoxy groups -OCH3 is 1. The molecule has 0 unspecified atom stereocenters. The Hall–Kier alpha value is -0.170. The van der Waals surface area contributed by atoms with Gasteiger partial charge in [-0.15, -0.1) is 0 Å². The molecule has 0 aromatic heterocycles. The van der Waals surface area contributed by atoms with Gasteiger partial charge in [-0.2, -0.15) is 4.31 Å². The number of nitrogens with zero attached hydrogens (tertiary/aromatic N) is 1. The van der Waals surface area contributed by atoms with Gasteiger partial charge in [-0.05, 0) is 19.3 Å². The second kappa shape index (κ2) is 6.54. The lowest BCUT2D eigenvalue weighted by Gasteiger charge is -2.36. The van der Waals surface area contributed by atoms with Gasteiger partial charge in [-0.3, -0.25) is 0 Å². The molecule has 1 aliphatic carbocycles. The largest absolute Gasteiger partial charge is 0.385 e. The van der Waals surface area contributed by atoms with Crippen molar-refractivity contribution in [3.8, 4) is 0 Å². The van der Waals surface area contributed by atoms with Gasteiger partial charge in [-0.1, -0.05) is 6.42 Å². The maximum atomic E-state index is 12.0. The number of hydrogen-bond donors (Lipinski definition) is 1. The third-order valence-corrected chi connectivity index (χ3v) is 4.94. The van der Waals surface area contributed by atoms with E-state index in [2.05, 4.69) is 0 Å². The van der Waals surface area contributed by atoms with Crippen LogP contribution < -0.4 is 5.73 Å². The van der Waals surface area contributed by atoms with E-state index in [-0.39, 0.29) is 11.8 Å². The molecule has 1 rings (SSSR count). The Morgan fingerprint density at radius 1 is 1.44 bits per heavy atom. The summed E-state index contributed by atoms with van der Waals surface area (Å²) in [6.45, 7) is 1.32. The molecule has 1 fully saturated rings. The maximum absolute atomic E-state index is 12.0. The minimum absolute atomic E-state index is 0.164. The highest BCUT2D eigenvalue weighted by Crippen LogP contribution is 2.27. The Bertz CT molecular complexity index is 288. The molecule has 0 spiro atoms. The van der Waals surface area contributed by atoms with Crippen LogP contribution in [0.25, 0.3) is 0 Å². The Morgan fingerprint density at radius 3 is 2.56 bits per heavy atom. The van der Waals surface area contributed by atoms with Crippen LogP contribution in [0.1, 0.15) is 25.7 Å². The van der Waals surface area contributed by atoms with E-state index in [0.29, 0.717) is 26.1 Å². The molecule has 0 heterocycles. The molecule has 0 aromatic rings. The molecule has 0 saturated heterocycles. The Balaban J connectivity index is 2.53.